The smallest absolute Gasteiger partial charge is 0.171 e. The maximum atomic E-state index is 5.18. The van der Waals surface area contributed by atoms with Crippen LogP contribution < -0.4 is 5.32 Å². The second-order valence-electron chi connectivity index (χ2n) is 3.36. The van der Waals surface area contributed by atoms with Gasteiger partial charge in [0.05, 0.1) is 6.04 Å². The van der Waals surface area contributed by atoms with Crippen molar-refractivity contribution in [1.29, 1.82) is 0 Å². The van der Waals surface area contributed by atoms with Gasteiger partial charge >= 0.3 is 0 Å². The van der Waals surface area contributed by atoms with E-state index in [1.54, 1.807) is 14.2 Å². The van der Waals surface area contributed by atoms with Crippen LogP contribution in [-0.2, 0) is 9.47 Å². The summed E-state index contributed by atoms with van der Waals surface area (Å²) in [5.74, 6) is 2.29. The number of hydrogen-bond acceptors (Lipinski definition) is 4. The summed E-state index contributed by atoms with van der Waals surface area (Å²) in [5, 5.41) is 3.45. The van der Waals surface area contributed by atoms with Crippen molar-refractivity contribution >= 4 is 11.8 Å². The molecule has 0 amide bonds. The summed E-state index contributed by atoms with van der Waals surface area (Å²) in [6, 6.07) is 0.709. The molecule has 0 aromatic heterocycles. The zero-order valence-corrected chi connectivity index (χ0v) is 10.7. The Morgan fingerprint density at radius 2 is 1.79 bits per heavy atom. The SMILES string of the molecule is CCSCC(C)NC(C)C(OC)OC. The van der Waals surface area contributed by atoms with Gasteiger partial charge in [-0.2, -0.15) is 11.8 Å². The predicted molar refractivity (Wildman–Crippen MR) is 62.9 cm³/mol. The molecule has 86 valence electrons. The zero-order chi connectivity index (χ0) is 11.0. The fraction of sp³-hybridized carbons (Fsp3) is 1.00. The lowest BCUT2D eigenvalue weighted by molar-refractivity contribution is -0.120. The second kappa shape index (κ2) is 8.53. The Morgan fingerprint density at radius 3 is 2.21 bits per heavy atom. The summed E-state index contributed by atoms with van der Waals surface area (Å²) >= 11 is 1.94. The molecule has 0 aromatic rings. The molecule has 2 unspecified atom stereocenters. The molecule has 3 nitrogen and oxygen atoms in total. The summed E-state index contributed by atoms with van der Waals surface area (Å²) in [4.78, 5) is 0. The first kappa shape index (κ1) is 14.2. The molecule has 2 atom stereocenters. The fourth-order valence-electron chi connectivity index (χ4n) is 1.37. The first-order valence-electron chi connectivity index (χ1n) is 5.05. The summed E-state index contributed by atoms with van der Waals surface area (Å²) < 4.78 is 10.4. The van der Waals surface area contributed by atoms with E-state index in [9.17, 15) is 0 Å². The highest BCUT2D eigenvalue weighted by molar-refractivity contribution is 7.99. The van der Waals surface area contributed by atoms with Gasteiger partial charge in [0.15, 0.2) is 6.29 Å². The van der Waals surface area contributed by atoms with E-state index in [0.29, 0.717) is 6.04 Å². The Labute approximate surface area is 91.9 Å². The molecular weight excluding hydrogens is 198 g/mol. The monoisotopic (exact) mass is 221 g/mol. The Kier molecular flexibility index (Phi) is 8.67. The summed E-state index contributed by atoms with van der Waals surface area (Å²) in [6.45, 7) is 6.43. The standard InChI is InChI=1S/C10H23NO2S/c1-6-14-7-8(2)11-9(3)10(12-4)13-5/h8-11H,6-7H2,1-5H3. The molecule has 0 aliphatic carbocycles. The minimum absolute atomic E-state index is 0.163. The molecule has 0 bridgehead atoms. The predicted octanol–water partition coefficient (Wildman–Crippen LogP) is 1.72. The third-order valence-corrected chi connectivity index (χ3v) is 3.14. The average Bonchev–Trinajstić information content (AvgIpc) is 2.16. The van der Waals surface area contributed by atoms with Crippen LogP contribution in [0, 0.1) is 0 Å². The van der Waals surface area contributed by atoms with E-state index in [0.717, 1.165) is 5.75 Å². The lowest BCUT2D eigenvalue weighted by Gasteiger charge is -2.25. The van der Waals surface area contributed by atoms with Crippen molar-refractivity contribution in [2.45, 2.75) is 39.1 Å². The number of thioether (sulfide) groups is 1. The molecule has 0 fully saturated rings. The molecule has 0 aliphatic heterocycles. The lowest BCUT2D eigenvalue weighted by atomic mass is 10.2. The van der Waals surface area contributed by atoms with E-state index in [2.05, 4.69) is 26.1 Å². The van der Waals surface area contributed by atoms with Crippen molar-refractivity contribution in [1.82, 2.24) is 5.32 Å². The Bertz CT molecular complexity index is 131. The van der Waals surface area contributed by atoms with Crippen LogP contribution in [0.4, 0.5) is 0 Å². The van der Waals surface area contributed by atoms with Gasteiger partial charge in [-0.1, -0.05) is 6.92 Å². The maximum absolute atomic E-state index is 5.18. The number of rotatable bonds is 8. The minimum atomic E-state index is -0.163. The van der Waals surface area contributed by atoms with Crippen molar-refractivity contribution < 1.29 is 9.47 Å². The highest BCUT2D eigenvalue weighted by Gasteiger charge is 2.17. The van der Waals surface area contributed by atoms with Crippen LogP contribution in [0.15, 0.2) is 0 Å². The molecule has 0 spiro atoms. The molecule has 0 saturated carbocycles. The summed E-state index contributed by atoms with van der Waals surface area (Å²) in [7, 11) is 3.33. The quantitative estimate of drug-likeness (QED) is 0.632. The Morgan fingerprint density at radius 1 is 1.21 bits per heavy atom. The van der Waals surface area contributed by atoms with Gasteiger partial charge in [-0.15, -0.1) is 0 Å². The molecule has 0 radical (unpaired) electrons. The lowest BCUT2D eigenvalue weighted by Crippen LogP contribution is -2.44. The van der Waals surface area contributed by atoms with Gasteiger partial charge in [-0.25, -0.2) is 0 Å². The normalized spacial score (nSPS) is 15.9. The highest BCUT2D eigenvalue weighted by Crippen LogP contribution is 2.05. The van der Waals surface area contributed by atoms with Crippen LogP contribution in [0.3, 0.4) is 0 Å². The van der Waals surface area contributed by atoms with Gasteiger partial charge in [0.1, 0.15) is 0 Å². The van der Waals surface area contributed by atoms with Gasteiger partial charge in [0, 0.05) is 26.0 Å². The van der Waals surface area contributed by atoms with Crippen LogP contribution in [0.2, 0.25) is 0 Å². The van der Waals surface area contributed by atoms with Crippen LogP contribution in [-0.4, -0.2) is 44.1 Å². The third-order valence-electron chi connectivity index (χ3n) is 1.99. The largest absolute Gasteiger partial charge is 0.354 e. The Hall–Kier alpha value is 0.230. The van der Waals surface area contributed by atoms with Crippen molar-refractivity contribution in [3.8, 4) is 0 Å². The molecular formula is C10H23NO2S. The maximum Gasteiger partial charge on any atom is 0.171 e. The molecule has 0 heterocycles. The second-order valence-corrected chi connectivity index (χ2v) is 4.67. The van der Waals surface area contributed by atoms with Crippen molar-refractivity contribution in [2.24, 2.45) is 0 Å². The van der Waals surface area contributed by atoms with Crippen molar-refractivity contribution in [2.75, 3.05) is 25.7 Å². The van der Waals surface area contributed by atoms with Gasteiger partial charge in [0.2, 0.25) is 0 Å². The Balaban J connectivity index is 3.73. The first-order valence-corrected chi connectivity index (χ1v) is 6.20. The number of nitrogens with one attached hydrogen (secondary N) is 1. The molecule has 4 heteroatoms. The van der Waals surface area contributed by atoms with E-state index in [4.69, 9.17) is 9.47 Å². The van der Waals surface area contributed by atoms with Crippen LogP contribution in [0.25, 0.3) is 0 Å². The molecule has 0 saturated heterocycles. The average molecular weight is 221 g/mol. The minimum Gasteiger partial charge on any atom is -0.354 e. The van der Waals surface area contributed by atoms with Crippen molar-refractivity contribution in [3.63, 3.8) is 0 Å². The van der Waals surface area contributed by atoms with Gasteiger partial charge in [-0.05, 0) is 19.6 Å². The van der Waals surface area contributed by atoms with E-state index in [1.807, 2.05) is 11.8 Å². The zero-order valence-electron chi connectivity index (χ0n) is 9.87. The highest BCUT2D eigenvalue weighted by atomic mass is 32.2. The number of ether oxygens (including phenoxy) is 2. The van der Waals surface area contributed by atoms with Crippen molar-refractivity contribution in [3.05, 3.63) is 0 Å². The molecule has 0 rings (SSSR count). The van der Waals surface area contributed by atoms with Gasteiger partial charge < -0.3 is 14.8 Å². The fourth-order valence-corrected chi connectivity index (χ4v) is 2.06. The number of hydrogen-bond donors (Lipinski definition) is 1. The van der Waals surface area contributed by atoms with Crippen LogP contribution in [0.5, 0.6) is 0 Å². The van der Waals surface area contributed by atoms with E-state index in [-0.39, 0.29) is 12.3 Å². The van der Waals surface area contributed by atoms with Crippen LogP contribution >= 0.6 is 11.8 Å². The van der Waals surface area contributed by atoms with E-state index in [1.165, 1.54) is 5.75 Å². The molecule has 0 aromatic carbocycles. The first-order chi connectivity index (χ1) is 6.65. The molecule has 1 N–H and O–H groups in total. The third kappa shape index (κ3) is 5.86. The topological polar surface area (TPSA) is 30.5 Å². The molecule has 0 aliphatic rings. The summed E-state index contributed by atoms with van der Waals surface area (Å²) in [6.07, 6.45) is -0.163. The van der Waals surface area contributed by atoms with Crippen LogP contribution in [0.1, 0.15) is 20.8 Å². The summed E-state index contributed by atoms with van der Waals surface area (Å²) in [5.41, 5.74) is 0. The molecule has 14 heavy (non-hydrogen) atoms. The van der Waals surface area contributed by atoms with Gasteiger partial charge in [-0.3, -0.25) is 0 Å². The van der Waals surface area contributed by atoms with E-state index >= 15 is 0 Å². The van der Waals surface area contributed by atoms with E-state index < -0.39 is 0 Å². The number of methoxy groups -OCH3 is 2. The van der Waals surface area contributed by atoms with Gasteiger partial charge in [0.25, 0.3) is 0 Å².